The Morgan fingerprint density at radius 2 is 2.29 bits per heavy atom. The number of hydrogen-bond acceptors (Lipinski definition) is 3. The van der Waals surface area contributed by atoms with Crippen LogP contribution in [-0.2, 0) is 12.8 Å². The van der Waals surface area contributed by atoms with Gasteiger partial charge in [0.25, 0.3) is 0 Å². The van der Waals surface area contributed by atoms with Crippen LogP contribution in [0.4, 0.5) is 0 Å². The molecule has 0 saturated carbocycles. The highest BCUT2D eigenvalue weighted by Crippen LogP contribution is 2.33. The molecule has 1 aromatic carbocycles. The Bertz CT molecular complexity index is 709. The van der Waals surface area contributed by atoms with Crippen LogP contribution in [0.3, 0.4) is 0 Å². The fourth-order valence-electron chi connectivity index (χ4n) is 3.21. The number of nitrogens with zero attached hydrogens (tertiary/aromatic N) is 1. The van der Waals surface area contributed by atoms with Crippen molar-refractivity contribution >= 4 is 16.9 Å². The van der Waals surface area contributed by atoms with Gasteiger partial charge in [0.2, 0.25) is 0 Å². The van der Waals surface area contributed by atoms with Crippen LogP contribution in [0.15, 0.2) is 18.2 Å². The summed E-state index contributed by atoms with van der Waals surface area (Å²) in [6, 6.07) is 5.41. The van der Waals surface area contributed by atoms with Crippen LogP contribution >= 0.6 is 0 Å². The Kier molecular flexibility index (Phi) is 3.53. The maximum absolute atomic E-state index is 11.8. The highest BCUT2D eigenvalue weighted by Gasteiger charge is 2.26. The monoisotopic (exact) mass is 285 g/mol. The van der Waals surface area contributed by atoms with Crippen molar-refractivity contribution in [1.82, 2.24) is 4.98 Å². The van der Waals surface area contributed by atoms with E-state index >= 15 is 0 Å². The number of aryl methyl sites for hydroxylation is 1. The smallest absolute Gasteiger partial charge is 0.336 e. The van der Waals surface area contributed by atoms with Crippen molar-refractivity contribution in [3.63, 3.8) is 0 Å². The van der Waals surface area contributed by atoms with Crippen molar-refractivity contribution in [3.8, 4) is 5.75 Å². The zero-order valence-corrected chi connectivity index (χ0v) is 12.3. The van der Waals surface area contributed by atoms with Crippen molar-refractivity contribution in [3.05, 3.63) is 35.0 Å². The number of fused-ring (bicyclic) bond motifs is 2. The SMILES string of the molecule is CCC1CCc2nc3cc(OC)ccc3c(C(=O)O)c2C1. The Morgan fingerprint density at radius 3 is 2.95 bits per heavy atom. The molecule has 0 spiro atoms. The van der Waals surface area contributed by atoms with E-state index in [9.17, 15) is 9.90 Å². The van der Waals surface area contributed by atoms with E-state index in [0.29, 0.717) is 28.1 Å². The van der Waals surface area contributed by atoms with Gasteiger partial charge in [0.1, 0.15) is 5.75 Å². The van der Waals surface area contributed by atoms with Crippen LogP contribution in [0, 0.1) is 5.92 Å². The summed E-state index contributed by atoms with van der Waals surface area (Å²) in [6.07, 6.45) is 3.86. The van der Waals surface area contributed by atoms with Crippen molar-refractivity contribution in [2.45, 2.75) is 32.6 Å². The molecular weight excluding hydrogens is 266 g/mol. The summed E-state index contributed by atoms with van der Waals surface area (Å²) >= 11 is 0. The van der Waals surface area contributed by atoms with Gasteiger partial charge in [-0.2, -0.15) is 0 Å². The van der Waals surface area contributed by atoms with Crippen LogP contribution in [0.5, 0.6) is 5.75 Å². The molecule has 4 heteroatoms. The molecule has 1 N–H and O–H groups in total. The van der Waals surface area contributed by atoms with E-state index in [1.54, 1.807) is 19.2 Å². The molecule has 0 bridgehead atoms. The number of rotatable bonds is 3. The van der Waals surface area contributed by atoms with E-state index in [4.69, 9.17) is 9.72 Å². The molecule has 1 heterocycles. The lowest BCUT2D eigenvalue weighted by Gasteiger charge is -2.25. The number of aromatic nitrogens is 1. The van der Waals surface area contributed by atoms with Crippen LogP contribution in [0.1, 0.15) is 41.4 Å². The van der Waals surface area contributed by atoms with E-state index in [1.807, 2.05) is 6.07 Å². The maximum atomic E-state index is 11.8. The van der Waals surface area contributed by atoms with E-state index in [2.05, 4.69) is 6.92 Å². The molecule has 2 aromatic rings. The minimum absolute atomic E-state index is 0.427. The average molecular weight is 285 g/mol. The lowest BCUT2D eigenvalue weighted by Crippen LogP contribution is -2.19. The number of pyridine rings is 1. The van der Waals surface area contributed by atoms with E-state index in [1.165, 1.54) is 0 Å². The van der Waals surface area contributed by atoms with Gasteiger partial charge in [-0.25, -0.2) is 4.79 Å². The van der Waals surface area contributed by atoms with E-state index in [0.717, 1.165) is 36.9 Å². The molecule has 21 heavy (non-hydrogen) atoms. The molecule has 110 valence electrons. The van der Waals surface area contributed by atoms with Gasteiger partial charge >= 0.3 is 5.97 Å². The van der Waals surface area contributed by atoms with Gasteiger partial charge in [-0.3, -0.25) is 4.98 Å². The zero-order chi connectivity index (χ0) is 15.0. The number of carboxylic acids is 1. The molecule has 1 atom stereocenters. The maximum Gasteiger partial charge on any atom is 0.336 e. The Hall–Kier alpha value is -2.10. The largest absolute Gasteiger partial charge is 0.497 e. The third-order valence-corrected chi connectivity index (χ3v) is 4.45. The molecular formula is C17H19NO3. The number of hydrogen-bond donors (Lipinski definition) is 1. The van der Waals surface area contributed by atoms with Gasteiger partial charge in [0, 0.05) is 17.1 Å². The Balaban J connectivity index is 2.26. The van der Waals surface area contributed by atoms with E-state index < -0.39 is 5.97 Å². The lowest BCUT2D eigenvalue weighted by molar-refractivity contribution is 0.0697. The average Bonchev–Trinajstić information content (AvgIpc) is 2.51. The first-order valence-electron chi connectivity index (χ1n) is 7.36. The molecule has 4 nitrogen and oxygen atoms in total. The topological polar surface area (TPSA) is 59.4 Å². The Labute approximate surface area is 123 Å². The summed E-state index contributed by atoms with van der Waals surface area (Å²) in [7, 11) is 1.60. The summed E-state index contributed by atoms with van der Waals surface area (Å²) in [6.45, 7) is 2.16. The zero-order valence-electron chi connectivity index (χ0n) is 12.3. The van der Waals surface area contributed by atoms with Crippen LogP contribution in [0.2, 0.25) is 0 Å². The summed E-state index contributed by atoms with van der Waals surface area (Å²) in [5, 5.41) is 10.4. The molecule has 0 aliphatic heterocycles. The number of ether oxygens (including phenoxy) is 1. The van der Waals surface area contributed by atoms with Gasteiger partial charge in [-0.1, -0.05) is 13.3 Å². The van der Waals surface area contributed by atoms with Crippen LogP contribution < -0.4 is 4.74 Å². The molecule has 1 aliphatic rings. The second-order valence-corrected chi connectivity index (χ2v) is 5.62. The molecule has 0 amide bonds. The van der Waals surface area contributed by atoms with Crippen molar-refractivity contribution in [2.24, 2.45) is 5.92 Å². The van der Waals surface area contributed by atoms with Crippen LogP contribution in [0.25, 0.3) is 10.9 Å². The molecule has 3 rings (SSSR count). The first kappa shape index (κ1) is 13.9. The van der Waals surface area contributed by atoms with Gasteiger partial charge < -0.3 is 9.84 Å². The van der Waals surface area contributed by atoms with Gasteiger partial charge in [0.15, 0.2) is 0 Å². The second kappa shape index (κ2) is 5.35. The highest BCUT2D eigenvalue weighted by atomic mass is 16.5. The Morgan fingerprint density at radius 1 is 1.48 bits per heavy atom. The van der Waals surface area contributed by atoms with E-state index in [-0.39, 0.29) is 0 Å². The van der Waals surface area contributed by atoms with Crippen molar-refractivity contribution < 1.29 is 14.6 Å². The van der Waals surface area contributed by atoms with Crippen molar-refractivity contribution in [2.75, 3.05) is 7.11 Å². The summed E-state index contributed by atoms with van der Waals surface area (Å²) in [5.41, 5.74) is 3.01. The number of benzene rings is 1. The third kappa shape index (κ3) is 2.35. The predicted molar refractivity (Wildman–Crippen MR) is 81.1 cm³/mol. The lowest BCUT2D eigenvalue weighted by atomic mass is 9.82. The number of carbonyl (C=O) groups is 1. The van der Waals surface area contributed by atoms with Gasteiger partial charge in [-0.15, -0.1) is 0 Å². The van der Waals surface area contributed by atoms with Crippen molar-refractivity contribution in [1.29, 1.82) is 0 Å². The molecule has 1 aromatic heterocycles. The molecule has 1 aliphatic carbocycles. The molecule has 0 fully saturated rings. The fraction of sp³-hybridized carbons (Fsp3) is 0.412. The highest BCUT2D eigenvalue weighted by molar-refractivity contribution is 6.04. The minimum atomic E-state index is -0.861. The minimum Gasteiger partial charge on any atom is -0.497 e. The first-order valence-corrected chi connectivity index (χ1v) is 7.36. The second-order valence-electron chi connectivity index (χ2n) is 5.62. The molecule has 0 radical (unpaired) electrons. The standard InChI is InChI=1S/C17H19NO3/c1-3-10-4-7-14-13(8-10)16(17(19)20)12-6-5-11(21-2)9-15(12)18-14/h5-6,9-10H,3-4,7-8H2,1-2H3,(H,19,20). The number of carboxylic acid groups (broad SMARTS) is 1. The number of aromatic carboxylic acids is 1. The molecule has 0 saturated heterocycles. The first-order chi connectivity index (χ1) is 10.1. The fourth-order valence-corrected chi connectivity index (χ4v) is 3.21. The summed E-state index contributed by atoms with van der Waals surface area (Å²) in [5.74, 6) is 0.405. The summed E-state index contributed by atoms with van der Waals surface area (Å²) in [4.78, 5) is 16.5. The number of methoxy groups -OCH3 is 1. The van der Waals surface area contributed by atoms with Gasteiger partial charge in [0.05, 0.1) is 18.2 Å². The predicted octanol–water partition coefficient (Wildman–Crippen LogP) is 3.46. The van der Waals surface area contributed by atoms with Gasteiger partial charge in [-0.05, 0) is 42.9 Å². The molecule has 1 unspecified atom stereocenters. The summed E-state index contributed by atoms with van der Waals surface area (Å²) < 4.78 is 5.21. The normalized spacial score (nSPS) is 17.5. The quantitative estimate of drug-likeness (QED) is 0.938. The third-order valence-electron chi connectivity index (χ3n) is 4.45. The van der Waals surface area contributed by atoms with Crippen LogP contribution in [-0.4, -0.2) is 23.2 Å².